The van der Waals surface area contributed by atoms with Gasteiger partial charge in [-0.1, -0.05) is 19.9 Å². The molecule has 1 aromatic rings. The van der Waals surface area contributed by atoms with E-state index in [-0.39, 0.29) is 47.5 Å². The second-order valence-electron chi connectivity index (χ2n) is 7.51. The summed E-state index contributed by atoms with van der Waals surface area (Å²) >= 11 is 0. The summed E-state index contributed by atoms with van der Waals surface area (Å²) in [6, 6.07) is 5.86. The van der Waals surface area contributed by atoms with E-state index in [9.17, 15) is 18.0 Å². The maximum atomic E-state index is 12.7. The van der Waals surface area contributed by atoms with Crippen molar-refractivity contribution in [1.82, 2.24) is 4.90 Å². The highest BCUT2D eigenvalue weighted by Crippen LogP contribution is 2.28. The third-order valence-electron chi connectivity index (χ3n) is 4.53. The third kappa shape index (κ3) is 5.65. The maximum Gasteiger partial charge on any atom is 0.238 e. The molecule has 0 aliphatic carbocycles. The lowest BCUT2D eigenvalue weighted by molar-refractivity contribution is -0.135. The number of nitrogens with zero attached hydrogens (tertiary/aromatic N) is 2. The van der Waals surface area contributed by atoms with Gasteiger partial charge in [0.1, 0.15) is 0 Å². The van der Waals surface area contributed by atoms with Gasteiger partial charge in [0.2, 0.25) is 21.8 Å². The molecule has 0 bridgehead atoms. The zero-order valence-corrected chi connectivity index (χ0v) is 17.3. The molecule has 4 N–H and O–H groups in total. The van der Waals surface area contributed by atoms with Gasteiger partial charge < -0.3 is 15.5 Å². The number of sulfonamides is 1. The number of benzene rings is 1. The largest absolute Gasteiger partial charge is 0.345 e. The van der Waals surface area contributed by atoms with Crippen LogP contribution in [0, 0.1) is 11.3 Å². The Kier molecular flexibility index (Phi) is 7.40. The first-order valence-electron chi connectivity index (χ1n) is 8.33. The molecule has 8 nitrogen and oxygen atoms in total. The van der Waals surface area contributed by atoms with Crippen LogP contribution < -0.4 is 15.8 Å². The molecule has 2 amide bonds. The zero-order chi connectivity index (χ0) is 19.7. The fourth-order valence-electron chi connectivity index (χ4n) is 3.05. The molecule has 1 saturated heterocycles. The van der Waals surface area contributed by atoms with Gasteiger partial charge in [-0.3, -0.25) is 9.59 Å². The van der Waals surface area contributed by atoms with E-state index >= 15 is 0 Å². The number of anilines is 1. The van der Waals surface area contributed by atoms with Crippen molar-refractivity contribution in [2.45, 2.75) is 25.2 Å². The number of carbonyl (C=O) groups is 2. The minimum absolute atomic E-state index is 0. The van der Waals surface area contributed by atoms with E-state index in [4.69, 9.17) is 10.9 Å². The Labute approximate surface area is 166 Å². The van der Waals surface area contributed by atoms with Crippen LogP contribution in [-0.4, -0.2) is 51.8 Å². The van der Waals surface area contributed by atoms with Gasteiger partial charge in [0.25, 0.3) is 0 Å². The summed E-state index contributed by atoms with van der Waals surface area (Å²) < 4.78 is 23.0. The SMILES string of the molecule is CN(CC(C)(C)CN)C(=O)C1CC(=O)N(c2cccc(S(N)(=O)=O)c2)C1.Cl. The third-order valence-corrected chi connectivity index (χ3v) is 5.44. The Morgan fingerprint density at radius 2 is 2.00 bits per heavy atom. The van der Waals surface area contributed by atoms with Crippen molar-refractivity contribution in [2.24, 2.45) is 22.2 Å². The van der Waals surface area contributed by atoms with Gasteiger partial charge in [0.05, 0.1) is 10.8 Å². The summed E-state index contributed by atoms with van der Waals surface area (Å²) in [4.78, 5) is 28.0. The van der Waals surface area contributed by atoms with Crippen molar-refractivity contribution in [3.63, 3.8) is 0 Å². The zero-order valence-electron chi connectivity index (χ0n) is 15.7. The van der Waals surface area contributed by atoms with E-state index in [1.54, 1.807) is 18.0 Å². The minimum Gasteiger partial charge on any atom is -0.345 e. The van der Waals surface area contributed by atoms with Crippen LogP contribution in [-0.2, 0) is 19.6 Å². The second kappa shape index (κ2) is 8.55. The number of hydrogen-bond donors (Lipinski definition) is 2. The highest BCUT2D eigenvalue weighted by molar-refractivity contribution is 7.89. The van der Waals surface area contributed by atoms with Gasteiger partial charge in [-0.05, 0) is 30.2 Å². The van der Waals surface area contributed by atoms with Crippen LogP contribution in [0.3, 0.4) is 0 Å². The predicted octanol–water partition coefficient (Wildman–Crippen LogP) is 0.552. The summed E-state index contributed by atoms with van der Waals surface area (Å²) in [5.41, 5.74) is 5.92. The average Bonchev–Trinajstić information content (AvgIpc) is 2.95. The van der Waals surface area contributed by atoms with E-state index in [0.717, 1.165) is 0 Å². The number of carbonyl (C=O) groups excluding carboxylic acids is 2. The lowest BCUT2D eigenvalue weighted by Crippen LogP contribution is -2.42. The molecule has 152 valence electrons. The Hall–Kier alpha value is -1.68. The van der Waals surface area contributed by atoms with Crippen molar-refractivity contribution >= 4 is 39.9 Å². The lowest BCUT2D eigenvalue weighted by Gasteiger charge is -2.30. The Morgan fingerprint density at radius 3 is 2.56 bits per heavy atom. The summed E-state index contributed by atoms with van der Waals surface area (Å²) in [5.74, 6) is -0.814. The number of rotatable bonds is 6. The Bertz CT molecular complexity index is 813. The molecule has 1 aliphatic heterocycles. The van der Waals surface area contributed by atoms with Crippen molar-refractivity contribution in [2.75, 3.05) is 31.6 Å². The molecule has 0 aromatic heterocycles. The number of nitrogens with two attached hydrogens (primary N) is 2. The van der Waals surface area contributed by atoms with E-state index in [0.29, 0.717) is 18.8 Å². The normalized spacial score (nSPS) is 17.6. The Balaban J connectivity index is 0.00000364. The van der Waals surface area contributed by atoms with Crippen LogP contribution in [0.1, 0.15) is 20.3 Å². The molecular formula is C17H27ClN4O4S. The van der Waals surface area contributed by atoms with Gasteiger partial charge in [-0.2, -0.15) is 0 Å². The molecule has 10 heteroatoms. The summed E-state index contributed by atoms with van der Waals surface area (Å²) in [6.07, 6.45) is 0.0891. The smallest absolute Gasteiger partial charge is 0.238 e. The first-order valence-corrected chi connectivity index (χ1v) is 9.87. The first kappa shape index (κ1) is 23.4. The van der Waals surface area contributed by atoms with Crippen LogP contribution in [0.15, 0.2) is 29.2 Å². The van der Waals surface area contributed by atoms with Gasteiger partial charge >= 0.3 is 0 Å². The fourth-order valence-corrected chi connectivity index (χ4v) is 3.60. The van der Waals surface area contributed by atoms with Gasteiger partial charge in [0, 0.05) is 32.2 Å². The summed E-state index contributed by atoms with van der Waals surface area (Å²) in [5, 5.41) is 5.14. The van der Waals surface area contributed by atoms with Crippen molar-refractivity contribution in [1.29, 1.82) is 0 Å². The summed E-state index contributed by atoms with van der Waals surface area (Å²) in [7, 11) is -2.16. The highest BCUT2D eigenvalue weighted by Gasteiger charge is 2.37. The molecule has 1 atom stereocenters. The quantitative estimate of drug-likeness (QED) is 0.697. The molecule has 1 unspecified atom stereocenters. The number of amides is 2. The van der Waals surface area contributed by atoms with Gasteiger partial charge in [-0.15, -0.1) is 12.4 Å². The van der Waals surface area contributed by atoms with Crippen LogP contribution in [0.25, 0.3) is 0 Å². The van der Waals surface area contributed by atoms with E-state index in [2.05, 4.69) is 0 Å². The second-order valence-corrected chi connectivity index (χ2v) is 9.07. The number of hydrogen-bond acceptors (Lipinski definition) is 5. The van der Waals surface area contributed by atoms with Crippen LogP contribution in [0.5, 0.6) is 0 Å². The molecule has 0 spiro atoms. The number of primary sulfonamides is 1. The summed E-state index contributed by atoms with van der Waals surface area (Å²) in [6.45, 7) is 5.09. The molecule has 1 aliphatic rings. The standard InChI is InChI=1S/C17H26N4O4S.ClH/c1-17(2,10-18)11-20(3)16(23)12-7-15(22)21(9-12)13-5-4-6-14(8-13)26(19,24)25;/h4-6,8,12H,7,9-11,18H2,1-3H3,(H2,19,24,25);1H. The molecule has 1 heterocycles. The molecular weight excluding hydrogens is 392 g/mol. The van der Waals surface area contributed by atoms with Crippen molar-refractivity contribution < 1.29 is 18.0 Å². The molecule has 0 saturated carbocycles. The monoisotopic (exact) mass is 418 g/mol. The molecule has 2 rings (SSSR count). The fraction of sp³-hybridized carbons (Fsp3) is 0.529. The van der Waals surface area contributed by atoms with E-state index < -0.39 is 15.9 Å². The number of halogens is 1. The molecule has 27 heavy (non-hydrogen) atoms. The van der Waals surface area contributed by atoms with Crippen molar-refractivity contribution in [3.8, 4) is 0 Å². The minimum atomic E-state index is -3.86. The predicted molar refractivity (Wildman–Crippen MR) is 106 cm³/mol. The maximum absolute atomic E-state index is 12.7. The van der Waals surface area contributed by atoms with Crippen molar-refractivity contribution in [3.05, 3.63) is 24.3 Å². The van der Waals surface area contributed by atoms with E-state index in [1.807, 2.05) is 13.8 Å². The van der Waals surface area contributed by atoms with Crippen LogP contribution in [0.2, 0.25) is 0 Å². The highest BCUT2D eigenvalue weighted by atomic mass is 35.5. The van der Waals surface area contributed by atoms with E-state index in [1.165, 1.54) is 23.1 Å². The van der Waals surface area contributed by atoms with Crippen LogP contribution >= 0.6 is 12.4 Å². The Morgan fingerprint density at radius 1 is 1.37 bits per heavy atom. The average molecular weight is 419 g/mol. The molecule has 0 radical (unpaired) electrons. The van der Waals surface area contributed by atoms with Crippen LogP contribution in [0.4, 0.5) is 5.69 Å². The topological polar surface area (TPSA) is 127 Å². The van der Waals surface area contributed by atoms with Gasteiger partial charge in [0.15, 0.2) is 0 Å². The molecule has 1 aromatic carbocycles. The first-order chi connectivity index (χ1) is 11.9. The lowest BCUT2D eigenvalue weighted by atomic mass is 9.92. The van der Waals surface area contributed by atoms with Gasteiger partial charge in [-0.25, -0.2) is 13.6 Å². The molecule has 1 fully saturated rings.